The molecule has 0 radical (unpaired) electrons. The maximum atomic E-state index is 5.35. The molecule has 1 aliphatic rings. The zero-order chi connectivity index (χ0) is 11.9. The molecule has 1 N–H and O–H groups in total. The Labute approximate surface area is 107 Å². The van der Waals surface area contributed by atoms with Crippen molar-refractivity contribution in [2.75, 3.05) is 24.8 Å². The van der Waals surface area contributed by atoms with Crippen LogP contribution in [0.15, 0.2) is 18.2 Å². The van der Waals surface area contributed by atoms with Gasteiger partial charge in [0.05, 0.1) is 0 Å². The first-order valence-corrected chi connectivity index (χ1v) is 7.22. The van der Waals surface area contributed by atoms with Crippen LogP contribution in [0.2, 0.25) is 0 Å². The highest BCUT2D eigenvalue weighted by atomic mass is 32.2. The highest BCUT2D eigenvalue weighted by molar-refractivity contribution is 7.99. The van der Waals surface area contributed by atoms with Crippen LogP contribution in [0.25, 0.3) is 0 Å². The zero-order valence-corrected chi connectivity index (χ0v) is 11.0. The van der Waals surface area contributed by atoms with E-state index in [-0.39, 0.29) is 0 Å². The van der Waals surface area contributed by atoms with Gasteiger partial charge in [0.1, 0.15) is 0 Å². The summed E-state index contributed by atoms with van der Waals surface area (Å²) < 4.78 is 10.6. The van der Waals surface area contributed by atoms with E-state index in [1.807, 2.05) is 17.8 Å². The summed E-state index contributed by atoms with van der Waals surface area (Å²) in [5, 5.41) is 3.44. The number of fused-ring (bicyclic) bond motifs is 1. The van der Waals surface area contributed by atoms with E-state index < -0.39 is 0 Å². The van der Waals surface area contributed by atoms with Gasteiger partial charge in [-0.25, -0.2) is 0 Å². The van der Waals surface area contributed by atoms with Gasteiger partial charge >= 0.3 is 0 Å². The fourth-order valence-electron chi connectivity index (χ4n) is 1.73. The van der Waals surface area contributed by atoms with Gasteiger partial charge in [-0.05, 0) is 42.2 Å². The predicted octanol–water partition coefficient (Wildman–Crippen LogP) is 2.65. The third kappa shape index (κ3) is 3.82. The Balaban J connectivity index is 1.69. The summed E-state index contributed by atoms with van der Waals surface area (Å²) in [5.41, 5.74) is 1.25. The first-order chi connectivity index (χ1) is 8.40. The summed E-state index contributed by atoms with van der Waals surface area (Å²) in [6, 6.07) is 6.11. The lowest BCUT2D eigenvalue weighted by Gasteiger charge is -2.05. The van der Waals surface area contributed by atoms with E-state index in [9.17, 15) is 0 Å². The lowest BCUT2D eigenvalue weighted by atomic mass is 10.2. The second-order valence-corrected chi connectivity index (χ2v) is 5.31. The van der Waals surface area contributed by atoms with E-state index in [0.717, 1.165) is 24.6 Å². The van der Waals surface area contributed by atoms with Gasteiger partial charge in [0.2, 0.25) is 6.79 Å². The van der Waals surface area contributed by atoms with Gasteiger partial charge in [0, 0.05) is 6.54 Å². The Morgan fingerprint density at radius 2 is 2.18 bits per heavy atom. The number of hydrogen-bond acceptors (Lipinski definition) is 4. The minimum atomic E-state index is 0.348. The molecule has 94 valence electrons. The first kappa shape index (κ1) is 12.6. The number of rotatable bonds is 7. The van der Waals surface area contributed by atoms with E-state index in [4.69, 9.17) is 9.47 Å². The van der Waals surface area contributed by atoms with Crippen molar-refractivity contribution in [2.24, 2.45) is 0 Å². The van der Waals surface area contributed by atoms with Crippen LogP contribution in [-0.4, -0.2) is 24.8 Å². The van der Waals surface area contributed by atoms with Crippen molar-refractivity contribution < 1.29 is 9.47 Å². The normalized spacial score (nSPS) is 13.0. The van der Waals surface area contributed by atoms with E-state index in [2.05, 4.69) is 24.4 Å². The SMILES string of the molecule is CCSCCCNCc1ccc2c(c1)OCO2. The van der Waals surface area contributed by atoms with Crippen LogP contribution in [0, 0.1) is 0 Å². The molecule has 0 atom stereocenters. The molecule has 3 nitrogen and oxygen atoms in total. The highest BCUT2D eigenvalue weighted by Gasteiger charge is 2.12. The quantitative estimate of drug-likeness (QED) is 0.757. The lowest BCUT2D eigenvalue weighted by Crippen LogP contribution is -2.15. The number of thioether (sulfide) groups is 1. The van der Waals surface area contributed by atoms with E-state index in [1.54, 1.807) is 0 Å². The average Bonchev–Trinajstić information content (AvgIpc) is 2.81. The van der Waals surface area contributed by atoms with Crippen molar-refractivity contribution in [3.05, 3.63) is 23.8 Å². The average molecular weight is 253 g/mol. The summed E-state index contributed by atoms with van der Waals surface area (Å²) in [6.45, 7) is 4.51. The first-order valence-electron chi connectivity index (χ1n) is 6.07. The van der Waals surface area contributed by atoms with Crippen LogP contribution in [-0.2, 0) is 6.54 Å². The van der Waals surface area contributed by atoms with Gasteiger partial charge < -0.3 is 14.8 Å². The lowest BCUT2D eigenvalue weighted by molar-refractivity contribution is 0.174. The molecule has 0 saturated heterocycles. The third-order valence-electron chi connectivity index (χ3n) is 2.61. The van der Waals surface area contributed by atoms with Gasteiger partial charge in [-0.3, -0.25) is 0 Å². The van der Waals surface area contributed by atoms with Crippen molar-refractivity contribution in [3.63, 3.8) is 0 Å². The molecule has 0 saturated carbocycles. The van der Waals surface area contributed by atoms with E-state index in [0.29, 0.717) is 6.79 Å². The molecule has 0 amide bonds. The van der Waals surface area contributed by atoms with Crippen molar-refractivity contribution in [1.29, 1.82) is 0 Å². The van der Waals surface area contributed by atoms with Gasteiger partial charge in [0.25, 0.3) is 0 Å². The number of hydrogen-bond donors (Lipinski definition) is 1. The fourth-order valence-corrected chi connectivity index (χ4v) is 2.36. The molecule has 17 heavy (non-hydrogen) atoms. The van der Waals surface area contributed by atoms with Crippen LogP contribution in [0.3, 0.4) is 0 Å². The Hall–Kier alpha value is -0.870. The minimum absolute atomic E-state index is 0.348. The molecule has 0 fully saturated rings. The second kappa shape index (κ2) is 6.77. The zero-order valence-electron chi connectivity index (χ0n) is 10.2. The van der Waals surface area contributed by atoms with Gasteiger partial charge in [-0.15, -0.1) is 0 Å². The highest BCUT2D eigenvalue weighted by Crippen LogP contribution is 2.32. The molecular formula is C13H19NO2S. The maximum Gasteiger partial charge on any atom is 0.231 e. The van der Waals surface area contributed by atoms with Crippen molar-refractivity contribution in [2.45, 2.75) is 19.9 Å². The minimum Gasteiger partial charge on any atom is -0.454 e. The summed E-state index contributed by atoms with van der Waals surface area (Å²) in [4.78, 5) is 0. The van der Waals surface area contributed by atoms with Crippen LogP contribution in [0.4, 0.5) is 0 Å². The summed E-state index contributed by atoms with van der Waals surface area (Å²) in [6.07, 6.45) is 1.23. The molecule has 1 aromatic carbocycles. The second-order valence-electron chi connectivity index (χ2n) is 3.91. The smallest absolute Gasteiger partial charge is 0.231 e. The van der Waals surface area contributed by atoms with Crippen LogP contribution in [0.1, 0.15) is 18.9 Å². The number of nitrogens with one attached hydrogen (secondary N) is 1. The van der Waals surface area contributed by atoms with Gasteiger partial charge in [-0.1, -0.05) is 13.0 Å². The molecule has 1 aromatic rings. The molecule has 0 aromatic heterocycles. The largest absolute Gasteiger partial charge is 0.454 e. The molecule has 0 bridgehead atoms. The summed E-state index contributed by atoms with van der Waals surface area (Å²) in [7, 11) is 0. The predicted molar refractivity (Wildman–Crippen MR) is 71.9 cm³/mol. The van der Waals surface area contributed by atoms with Crippen LogP contribution >= 0.6 is 11.8 Å². The van der Waals surface area contributed by atoms with Crippen LogP contribution in [0.5, 0.6) is 11.5 Å². The van der Waals surface area contributed by atoms with E-state index >= 15 is 0 Å². The van der Waals surface area contributed by atoms with Crippen LogP contribution < -0.4 is 14.8 Å². The standard InChI is InChI=1S/C13H19NO2S/c1-2-17-7-3-6-14-9-11-4-5-12-13(8-11)16-10-15-12/h4-5,8,14H,2-3,6-7,9-10H2,1H3. The Morgan fingerprint density at radius 3 is 3.06 bits per heavy atom. The Morgan fingerprint density at radius 1 is 1.29 bits per heavy atom. The third-order valence-corrected chi connectivity index (χ3v) is 3.60. The van der Waals surface area contributed by atoms with Crippen molar-refractivity contribution >= 4 is 11.8 Å². The molecular weight excluding hydrogens is 234 g/mol. The molecule has 2 rings (SSSR count). The Kier molecular flexibility index (Phi) is 5.01. The molecule has 1 aliphatic heterocycles. The Bertz CT molecular complexity index is 357. The van der Waals surface area contributed by atoms with Crippen molar-refractivity contribution in [1.82, 2.24) is 5.32 Å². The maximum absolute atomic E-state index is 5.35. The van der Waals surface area contributed by atoms with Crippen molar-refractivity contribution in [3.8, 4) is 11.5 Å². The molecule has 0 aliphatic carbocycles. The molecule has 4 heteroatoms. The fraction of sp³-hybridized carbons (Fsp3) is 0.538. The van der Waals surface area contributed by atoms with Gasteiger partial charge in [-0.2, -0.15) is 11.8 Å². The topological polar surface area (TPSA) is 30.5 Å². The number of ether oxygens (including phenoxy) is 2. The summed E-state index contributed by atoms with van der Waals surface area (Å²) in [5.74, 6) is 4.17. The monoisotopic (exact) mass is 253 g/mol. The summed E-state index contributed by atoms with van der Waals surface area (Å²) >= 11 is 1.99. The van der Waals surface area contributed by atoms with Gasteiger partial charge in [0.15, 0.2) is 11.5 Å². The number of benzene rings is 1. The van der Waals surface area contributed by atoms with E-state index in [1.165, 1.54) is 23.5 Å². The molecule has 0 unspecified atom stereocenters. The molecule has 0 spiro atoms. The molecule has 1 heterocycles.